The lowest BCUT2D eigenvalue weighted by atomic mass is 10.2. The molecule has 120 valence electrons. The van der Waals surface area contributed by atoms with E-state index in [2.05, 4.69) is 11.2 Å². The van der Waals surface area contributed by atoms with Gasteiger partial charge in [-0.3, -0.25) is 0 Å². The molecule has 0 saturated heterocycles. The van der Waals surface area contributed by atoms with Gasteiger partial charge in [0.15, 0.2) is 0 Å². The predicted molar refractivity (Wildman–Crippen MR) is 92.8 cm³/mol. The number of hydrogen-bond acceptors (Lipinski definition) is 3. The molecule has 0 atom stereocenters. The smallest absolute Gasteiger partial charge is 0.0722 e. The van der Waals surface area contributed by atoms with Crippen LogP contribution in [0.5, 0.6) is 0 Å². The molecule has 0 fully saturated rings. The molecule has 0 aliphatic heterocycles. The van der Waals surface area contributed by atoms with Crippen molar-refractivity contribution in [1.29, 1.82) is 5.26 Å². The van der Waals surface area contributed by atoms with Crippen LogP contribution >= 0.6 is 11.6 Å². The largest absolute Gasteiger partial charge is 0.372 e. The highest BCUT2D eigenvalue weighted by Crippen LogP contribution is 2.19. The van der Waals surface area contributed by atoms with Gasteiger partial charge in [-0.15, -0.1) is 0 Å². The number of nitriles is 1. The third-order valence-corrected chi connectivity index (χ3v) is 3.72. The van der Waals surface area contributed by atoms with E-state index < -0.39 is 0 Å². The van der Waals surface area contributed by atoms with Crippen molar-refractivity contribution in [2.45, 2.75) is 19.6 Å². The Balaban J connectivity index is 1.70. The zero-order valence-electron chi connectivity index (χ0n) is 13.0. The summed E-state index contributed by atoms with van der Waals surface area (Å²) >= 11 is 6.21. The molecule has 0 N–H and O–H groups in total. The Labute approximate surface area is 145 Å². The molecule has 1 heterocycles. The van der Waals surface area contributed by atoms with Crippen molar-refractivity contribution in [3.63, 3.8) is 0 Å². The minimum atomic E-state index is 0.341. The summed E-state index contributed by atoms with van der Waals surface area (Å²) in [6, 6.07) is 17.9. The first-order valence-electron chi connectivity index (χ1n) is 7.56. The lowest BCUT2D eigenvalue weighted by molar-refractivity contribution is 0.107. The summed E-state index contributed by atoms with van der Waals surface area (Å²) in [5, 5.41) is 13.7. The molecular formula is C19H16ClN3O. The molecule has 2 aromatic carbocycles. The lowest BCUT2D eigenvalue weighted by Crippen LogP contribution is -1.98. The van der Waals surface area contributed by atoms with Gasteiger partial charge in [0.2, 0.25) is 0 Å². The minimum Gasteiger partial charge on any atom is -0.372 e. The fourth-order valence-corrected chi connectivity index (χ4v) is 2.65. The normalized spacial score (nSPS) is 10.5. The molecule has 0 aliphatic rings. The molecule has 0 amide bonds. The Kier molecular flexibility index (Phi) is 5.27. The average Bonchev–Trinajstić information content (AvgIpc) is 3.04. The van der Waals surface area contributed by atoms with E-state index in [1.54, 1.807) is 10.9 Å². The van der Waals surface area contributed by atoms with Crippen molar-refractivity contribution >= 4 is 11.6 Å². The number of rotatable bonds is 6. The number of nitrogens with zero attached hydrogens (tertiary/aromatic N) is 3. The molecule has 0 spiro atoms. The average molecular weight is 338 g/mol. The topological polar surface area (TPSA) is 50.8 Å². The van der Waals surface area contributed by atoms with E-state index in [1.807, 2.05) is 54.7 Å². The summed E-state index contributed by atoms with van der Waals surface area (Å²) < 4.78 is 7.49. The third kappa shape index (κ3) is 4.23. The van der Waals surface area contributed by atoms with Crippen LogP contribution in [0.25, 0.3) is 5.69 Å². The third-order valence-electron chi connectivity index (χ3n) is 3.51. The Morgan fingerprint density at radius 1 is 1.04 bits per heavy atom. The summed E-state index contributed by atoms with van der Waals surface area (Å²) in [5.41, 5.74) is 3.84. The number of benzene rings is 2. The highest BCUT2D eigenvalue weighted by atomic mass is 35.5. The summed E-state index contributed by atoms with van der Waals surface area (Å²) in [6.45, 7) is 1.02. The lowest BCUT2D eigenvalue weighted by Gasteiger charge is -2.08. The predicted octanol–water partition coefficient (Wildman–Crippen LogP) is 4.31. The highest BCUT2D eigenvalue weighted by Gasteiger charge is 2.05. The van der Waals surface area contributed by atoms with E-state index in [1.165, 1.54) is 0 Å². The first-order chi connectivity index (χ1) is 11.7. The van der Waals surface area contributed by atoms with Crippen molar-refractivity contribution in [3.05, 3.63) is 82.6 Å². The van der Waals surface area contributed by atoms with Gasteiger partial charge in [0, 0.05) is 16.8 Å². The summed E-state index contributed by atoms with van der Waals surface area (Å²) in [7, 11) is 0. The van der Waals surface area contributed by atoms with Gasteiger partial charge in [0.05, 0.1) is 37.6 Å². The minimum absolute atomic E-state index is 0.341. The number of halogens is 1. The van der Waals surface area contributed by atoms with E-state index >= 15 is 0 Å². The van der Waals surface area contributed by atoms with Crippen molar-refractivity contribution in [1.82, 2.24) is 9.78 Å². The monoisotopic (exact) mass is 337 g/mol. The summed E-state index contributed by atoms with van der Waals surface area (Å²) in [6.07, 6.45) is 3.87. The maximum Gasteiger partial charge on any atom is 0.0722 e. The fourth-order valence-electron chi connectivity index (χ4n) is 2.39. The van der Waals surface area contributed by atoms with Crippen molar-refractivity contribution in [3.8, 4) is 11.8 Å². The Bertz CT molecular complexity index is 853. The van der Waals surface area contributed by atoms with Crippen LogP contribution < -0.4 is 0 Å². The number of hydrogen-bond donors (Lipinski definition) is 0. The molecule has 24 heavy (non-hydrogen) atoms. The second kappa shape index (κ2) is 7.78. The van der Waals surface area contributed by atoms with Crippen LogP contribution in [0, 0.1) is 11.3 Å². The first-order valence-corrected chi connectivity index (χ1v) is 7.94. The van der Waals surface area contributed by atoms with Crippen LogP contribution in [-0.2, 0) is 24.4 Å². The first kappa shape index (κ1) is 16.3. The van der Waals surface area contributed by atoms with Gasteiger partial charge in [-0.1, -0.05) is 41.9 Å². The van der Waals surface area contributed by atoms with E-state index in [9.17, 15) is 0 Å². The molecule has 3 rings (SSSR count). The van der Waals surface area contributed by atoms with Crippen LogP contribution in [0.15, 0.2) is 60.9 Å². The second-order valence-electron chi connectivity index (χ2n) is 5.42. The summed E-state index contributed by atoms with van der Waals surface area (Å²) in [5.74, 6) is 0. The highest BCUT2D eigenvalue weighted by molar-refractivity contribution is 6.30. The SMILES string of the molecule is N#CCc1cnn(-c2cc(Cl)cc(COCc3ccccc3)c2)c1. The van der Waals surface area contributed by atoms with E-state index in [4.69, 9.17) is 21.6 Å². The molecule has 0 bridgehead atoms. The van der Waals surface area contributed by atoms with E-state index in [-0.39, 0.29) is 0 Å². The second-order valence-corrected chi connectivity index (χ2v) is 5.86. The molecular weight excluding hydrogens is 322 g/mol. The molecule has 3 aromatic rings. The van der Waals surface area contributed by atoms with Crippen molar-refractivity contribution in [2.24, 2.45) is 0 Å². The maximum atomic E-state index is 8.75. The molecule has 0 saturated carbocycles. The van der Waals surface area contributed by atoms with Crippen LogP contribution in [0.4, 0.5) is 0 Å². The number of aromatic nitrogens is 2. The molecule has 1 aromatic heterocycles. The van der Waals surface area contributed by atoms with Gasteiger partial charge in [-0.2, -0.15) is 10.4 Å². The molecule has 5 heteroatoms. The van der Waals surface area contributed by atoms with Gasteiger partial charge in [0.1, 0.15) is 0 Å². The van der Waals surface area contributed by atoms with Crippen LogP contribution in [0.2, 0.25) is 5.02 Å². The van der Waals surface area contributed by atoms with Gasteiger partial charge in [0.25, 0.3) is 0 Å². The quantitative estimate of drug-likeness (QED) is 0.673. The van der Waals surface area contributed by atoms with Gasteiger partial charge < -0.3 is 4.74 Å². The van der Waals surface area contributed by atoms with E-state index in [0.29, 0.717) is 24.7 Å². The van der Waals surface area contributed by atoms with Gasteiger partial charge in [-0.25, -0.2) is 4.68 Å². The number of ether oxygens (including phenoxy) is 1. The van der Waals surface area contributed by atoms with Crippen LogP contribution in [0.1, 0.15) is 16.7 Å². The standard InChI is InChI=1S/C19H16ClN3O/c20-18-8-17(14-24-13-15-4-2-1-3-5-15)9-19(10-18)23-12-16(6-7-21)11-22-23/h1-5,8-12H,6,13-14H2. The molecule has 0 unspecified atom stereocenters. The maximum absolute atomic E-state index is 8.75. The van der Waals surface area contributed by atoms with E-state index in [0.717, 1.165) is 22.4 Å². The van der Waals surface area contributed by atoms with Crippen molar-refractivity contribution in [2.75, 3.05) is 0 Å². The van der Waals surface area contributed by atoms with Crippen LogP contribution in [0.3, 0.4) is 0 Å². The van der Waals surface area contributed by atoms with Crippen molar-refractivity contribution < 1.29 is 4.74 Å². The van der Waals surface area contributed by atoms with Gasteiger partial charge in [-0.05, 0) is 29.3 Å². The molecule has 4 nitrogen and oxygen atoms in total. The Morgan fingerprint density at radius 3 is 2.62 bits per heavy atom. The molecule has 0 aliphatic carbocycles. The van der Waals surface area contributed by atoms with Crippen LogP contribution in [-0.4, -0.2) is 9.78 Å². The summed E-state index contributed by atoms with van der Waals surface area (Å²) in [4.78, 5) is 0. The fraction of sp³-hybridized carbons (Fsp3) is 0.158. The Morgan fingerprint density at radius 2 is 1.83 bits per heavy atom. The van der Waals surface area contributed by atoms with Gasteiger partial charge >= 0.3 is 0 Å². The molecule has 0 radical (unpaired) electrons. The zero-order valence-corrected chi connectivity index (χ0v) is 13.8. The zero-order chi connectivity index (χ0) is 16.8. The Hall–Kier alpha value is -2.61.